The Kier molecular flexibility index (Phi) is 5.40. The van der Waals surface area contributed by atoms with Crippen molar-refractivity contribution in [1.29, 1.82) is 0 Å². The second kappa shape index (κ2) is 7.59. The Hall–Kier alpha value is -2.56. The molecule has 3 aromatic rings. The number of aromatic nitrogens is 1. The molecule has 0 aliphatic carbocycles. The lowest BCUT2D eigenvalue weighted by atomic mass is 10.2. The summed E-state index contributed by atoms with van der Waals surface area (Å²) in [5.41, 5.74) is 3.16. The van der Waals surface area contributed by atoms with Crippen LogP contribution in [-0.4, -0.2) is 35.7 Å². The van der Waals surface area contributed by atoms with Crippen LogP contribution in [0.3, 0.4) is 0 Å². The Balaban J connectivity index is 2.00. The highest BCUT2D eigenvalue weighted by molar-refractivity contribution is 7.89. The van der Waals surface area contributed by atoms with Gasteiger partial charge in [-0.15, -0.1) is 11.3 Å². The summed E-state index contributed by atoms with van der Waals surface area (Å²) >= 11 is 1.47. The molecule has 27 heavy (non-hydrogen) atoms. The number of sulfonamides is 1. The van der Waals surface area contributed by atoms with Crippen molar-refractivity contribution < 1.29 is 13.3 Å². The highest BCUT2D eigenvalue weighted by atomic mass is 32.2. The molecule has 0 fully saturated rings. The second-order valence-electron chi connectivity index (χ2n) is 5.69. The second-order valence-corrected chi connectivity index (χ2v) is 8.51. The van der Waals surface area contributed by atoms with Crippen LogP contribution in [-0.2, 0) is 10.0 Å². The molecule has 0 saturated heterocycles. The van der Waals surface area contributed by atoms with Gasteiger partial charge in [-0.2, -0.15) is 4.31 Å². The standard InChI is InChI=1S/C17H18N4O4S2/c1-3-20(4-2)27(24,25)13-6-8-14(16(10-13)21(22)23)19-12-5-7-15-17(9-12)26-11-18-15/h5-11,19H,3-4H2,1-2H3. The van der Waals surface area contributed by atoms with Gasteiger partial charge < -0.3 is 5.32 Å². The fourth-order valence-electron chi connectivity index (χ4n) is 2.73. The van der Waals surface area contributed by atoms with E-state index < -0.39 is 14.9 Å². The molecule has 3 rings (SSSR count). The number of nitrogens with zero attached hydrogens (tertiary/aromatic N) is 3. The zero-order valence-electron chi connectivity index (χ0n) is 14.7. The SMILES string of the molecule is CCN(CC)S(=O)(=O)c1ccc(Nc2ccc3ncsc3c2)c([N+](=O)[O-])c1. The van der Waals surface area contributed by atoms with Gasteiger partial charge in [-0.05, 0) is 30.3 Å². The topological polar surface area (TPSA) is 105 Å². The summed E-state index contributed by atoms with van der Waals surface area (Å²) in [7, 11) is -3.77. The van der Waals surface area contributed by atoms with Crippen molar-refractivity contribution in [2.45, 2.75) is 18.7 Å². The fourth-order valence-corrected chi connectivity index (χ4v) is 4.92. The first-order valence-electron chi connectivity index (χ1n) is 8.25. The van der Waals surface area contributed by atoms with Gasteiger partial charge in [0.1, 0.15) is 5.69 Å². The number of nitro benzene ring substituents is 1. The molecule has 0 aliphatic rings. The van der Waals surface area contributed by atoms with E-state index in [0.717, 1.165) is 16.3 Å². The van der Waals surface area contributed by atoms with Gasteiger partial charge in [-0.1, -0.05) is 13.8 Å². The monoisotopic (exact) mass is 406 g/mol. The van der Waals surface area contributed by atoms with Gasteiger partial charge in [-0.25, -0.2) is 13.4 Å². The Morgan fingerprint density at radius 1 is 1.19 bits per heavy atom. The van der Waals surface area contributed by atoms with Gasteiger partial charge in [0.15, 0.2) is 0 Å². The first kappa shape index (κ1) is 19.2. The van der Waals surface area contributed by atoms with Gasteiger partial charge in [0.25, 0.3) is 5.69 Å². The molecule has 0 bridgehead atoms. The lowest BCUT2D eigenvalue weighted by Crippen LogP contribution is -2.30. The van der Waals surface area contributed by atoms with Crippen LogP contribution in [0, 0.1) is 10.1 Å². The third-order valence-corrected chi connectivity index (χ3v) is 6.96. The van der Waals surface area contributed by atoms with E-state index in [-0.39, 0.29) is 16.3 Å². The van der Waals surface area contributed by atoms with E-state index in [0.29, 0.717) is 18.8 Å². The maximum atomic E-state index is 12.6. The number of hydrogen-bond donors (Lipinski definition) is 1. The van der Waals surface area contributed by atoms with E-state index in [9.17, 15) is 18.5 Å². The van der Waals surface area contributed by atoms with Crippen LogP contribution in [0.1, 0.15) is 13.8 Å². The molecule has 2 aromatic carbocycles. The third-order valence-electron chi connectivity index (χ3n) is 4.12. The molecule has 1 heterocycles. The number of rotatable bonds is 7. The van der Waals surface area contributed by atoms with Crippen molar-refractivity contribution in [2.24, 2.45) is 0 Å². The van der Waals surface area contributed by atoms with E-state index in [1.165, 1.54) is 27.8 Å². The van der Waals surface area contributed by atoms with Crippen molar-refractivity contribution in [3.05, 3.63) is 52.0 Å². The number of nitro groups is 1. The summed E-state index contributed by atoms with van der Waals surface area (Å²) in [5, 5.41) is 14.5. The van der Waals surface area contributed by atoms with E-state index in [1.807, 2.05) is 12.1 Å². The molecule has 0 amide bonds. The number of nitrogens with one attached hydrogen (secondary N) is 1. The van der Waals surface area contributed by atoms with Crippen molar-refractivity contribution in [3.63, 3.8) is 0 Å². The zero-order chi connectivity index (χ0) is 19.6. The molecule has 1 aromatic heterocycles. The van der Waals surface area contributed by atoms with Gasteiger partial charge in [-0.3, -0.25) is 10.1 Å². The smallest absolute Gasteiger partial charge is 0.294 e. The minimum absolute atomic E-state index is 0.0960. The van der Waals surface area contributed by atoms with Crippen molar-refractivity contribution >= 4 is 48.6 Å². The molecular formula is C17H18N4O4S2. The lowest BCUT2D eigenvalue weighted by molar-refractivity contribution is -0.384. The summed E-state index contributed by atoms with van der Waals surface area (Å²) in [6.45, 7) is 4.03. The molecular weight excluding hydrogens is 388 g/mol. The highest BCUT2D eigenvalue weighted by Gasteiger charge is 2.25. The largest absolute Gasteiger partial charge is 0.350 e. The van der Waals surface area contributed by atoms with Crippen LogP contribution in [0.5, 0.6) is 0 Å². The summed E-state index contributed by atoms with van der Waals surface area (Å²) in [4.78, 5) is 15.0. The zero-order valence-corrected chi connectivity index (χ0v) is 16.4. The number of fused-ring (bicyclic) bond motifs is 1. The van der Waals surface area contributed by atoms with Crippen LogP contribution in [0.2, 0.25) is 0 Å². The van der Waals surface area contributed by atoms with Crippen LogP contribution in [0.4, 0.5) is 17.1 Å². The Morgan fingerprint density at radius 2 is 1.93 bits per heavy atom. The molecule has 0 spiro atoms. The van der Waals surface area contributed by atoms with Crippen molar-refractivity contribution in [1.82, 2.24) is 9.29 Å². The van der Waals surface area contributed by atoms with Crippen LogP contribution < -0.4 is 5.32 Å². The Bertz CT molecular complexity index is 1090. The maximum absolute atomic E-state index is 12.6. The molecule has 0 unspecified atom stereocenters. The summed E-state index contributed by atoms with van der Waals surface area (Å²) in [6.07, 6.45) is 0. The third kappa shape index (κ3) is 3.77. The van der Waals surface area contributed by atoms with Gasteiger partial charge in [0.05, 0.1) is 25.5 Å². The average molecular weight is 406 g/mol. The van der Waals surface area contributed by atoms with Crippen LogP contribution in [0.25, 0.3) is 10.2 Å². The van der Waals surface area contributed by atoms with E-state index in [1.54, 1.807) is 25.4 Å². The van der Waals surface area contributed by atoms with E-state index >= 15 is 0 Å². The van der Waals surface area contributed by atoms with Crippen molar-refractivity contribution in [3.8, 4) is 0 Å². The fraction of sp³-hybridized carbons (Fsp3) is 0.235. The molecule has 0 aliphatic heterocycles. The van der Waals surface area contributed by atoms with Gasteiger partial charge >= 0.3 is 0 Å². The van der Waals surface area contributed by atoms with Crippen LogP contribution >= 0.6 is 11.3 Å². The molecule has 0 saturated carbocycles. The number of anilines is 2. The number of thiazole rings is 1. The summed E-state index contributed by atoms with van der Waals surface area (Å²) in [5.74, 6) is 0. The van der Waals surface area contributed by atoms with Gasteiger partial charge in [0.2, 0.25) is 10.0 Å². The van der Waals surface area contributed by atoms with Gasteiger partial charge in [0, 0.05) is 24.8 Å². The normalized spacial score (nSPS) is 11.8. The summed E-state index contributed by atoms with van der Waals surface area (Å²) in [6, 6.07) is 9.34. The lowest BCUT2D eigenvalue weighted by Gasteiger charge is -2.18. The predicted octanol–water partition coefficient (Wildman–Crippen LogP) is 3.98. The minimum Gasteiger partial charge on any atom is -0.350 e. The first-order chi connectivity index (χ1) is 12.9. The highest BCUT2D eigenvalue weighted by Crippen LogP contribution is 2.32. The maximum Gasteiger partial charge on any atom is 0.294 e. The quantitative estimate of drug-likeness (QED) is 0.470. The van der Waals surface area contributed by atoms with E-state index in [2.05, 4.69) is 10.3 Å². The summed E-state index contributed by atoms with van der Waals surface area (Å²) < 4.78 is 27.5. The predicted molar refractivity (Wildman–Crippen MR) is 106 cm³/mol. The Labute approximate surface area is 160 Å². The first-order valence-corrected chi connectivity index (χ1v) is 10.6. The van der Waals surface area contributed by atoms with Crippen LogP contribution in [0.15, 0.2) is 46.8 Å². The number of benzene rings is 2. The average Bonchev–Trinajstić information content (AvgIpc) is 3.10. The molecule has 10 heteroatoms. The number of hydrogen-bond acceptors (Lipinski definition) is 7. The molecule has 8 nitrogen and oxygen atoms in total. The van der Waals surface area contributed by atoms with Crippen molar-refractivity contribution in [2.75, 3.05) is 18.4 Å². The minimum atomic E-state index is -3.77. The Morgan fingerprint density at radius 3 is 2.59 bits per heavy atom. The molecule has 0 radical (unpaired) electrons. The molecule has 142 valence electrons. The molecule has 0 atom stereocenters. The molecule has 1 N–H and O–H groups in total. The van der Waals surface area contributed by atoms with E-state index in [4.69, 9.17) is 0 Å².